The van der Waals surface area contributed by atoms with Gasteiger partial charge in [0.15, 0.2) is 0 Å². The van der Waals surface area contributed by atoms with E-state index in [1.807, 2.05) is 55.8 Å². The molecule has 1 amide bonds. The maximum atomic E-state index is 12.8. The van der Waals surface area contributed by atoms with E-state index in [9.17, 15) is 4.79 Å². The van der Waals surface area contributed by atoms with Crippen molar-refractivity contribution in [1.29, 1.82) is 0 Å². The van der Waals surface area contributed by atoms with Crippen molar-refractivity contribution >= 4 is 11.6 Å². The third kappa shape index (κ3) is 3.08. The van der Waals surface area contributed by atoms with Gasteiger partial charge in [0.2, 0.25) is 0 Å². The van der Waals surface area contributed by atoms with E-state index in [1.165, 1.54) is 5.56 Å². The number of hydrogen-bond acceptors (Lipinski definition) is 3. The number of aryl methyl sites for hydroxylation is 2. The zero-order valence-corrected chi connectivity index (χ0v) is 13.7. The van der Waals surface area contributed by atoms with E-state index in [0.717, 1.165) is 23.3 Å². The van der Waals surface area contributed by atoms with Crippen molar-refractivity contribution in [2.24, 2.45) is 0 Å². The molecule has 0 bridgehead atoms. The lowest BCUT2D eigenvalue weighted by molar-refractivity contribution is 0.0789. The summed E-state index contributed by atoms with van der Waals surface area (Å²) in [6, 6.07) is 7.92. The van der Waals surface area contributed by atoms with Crippen LogP contribution >= 0.6 is 0 Å². The molecule has 0 aromatic carbocycles. The van der Waals surface area contributed by atoms with Crippen molar-refractivity contribution in [2.75, 3.05) is 13.6 Å². The SMILES string of the molecule is Cc1ccn2c(C(=O)N(C)CCc3ccncc3)c(C)nc2c1. The summed E-state index contributed by atoms with van der Waals surface area (Å²) < 4.78 is 1.87. The third-order valence-corrected chi connectivity index (χ3v) is 3.99. The predicted molar refractivity (Wildman–Crippen MR) is 89.6 cm³/mol. The highest BCUT2D eigenvalue weighted by atomic mass is 16.2. The molecule has 0 aliphatic heterocycles. The average molecular weight is 308 g/mol. The van der Waals surface area contributed by atoms with Crippen molar-refractivity contribution in [2.45, 2.75) is 20.3 Å². The van der Waals surface area contributed by atoms with E-state index in [4.69, 9.17) is 0 Å². The molecule has 3 heterocycles. The molecule has 3 aromatic rings. The molecule has 0 spiro atoms. The topological polar surface area (TPSA) is 50.5 Å². The first kappa shape index (κ1) is 15.2. The Labute approximate surface area is 135 Å². The summed E-state index contributed by atoms with van der Waals surface area (Å²) >= 11 is 0. The molecule has 5 nitrogen and oxygen atoms in total. The predicted octanol–water partition coefficient (Wildman–Crippen LogP) is 2.66. The highest BCUT2D eigenvalue weighted by molar-refractivity contribution is 5.94. The summed E-state index contributed by atoms with van der Waals surface area (Å²) in [7, 11) is 1.83. The van der Waals surface area contributed by atoms with E-state index in [-0.39, 0.29) is 5.91 Å². The Morgan fingerprint density at radius 1 is 1.22 bits per heavy atom. The maximum absolute atomic E-state index is 12.8. The third-order valence-electron chi connectivity index (χ3n) is 3.99. The number of likely N-dealkylation sites (N-methyl/N-ethyl adjacent to an activating group) is 1. The number of pyridine rings is 2. The summed E-state index contributed by atoms with van der Waals surface area (Å²) in [5.74, 6) is -0.00657. The fraction of sp³-hybridized carbons (Fsp3) is 0.278. The number of nitrogens with zero attached hydrogens (tertiary/aromatic N) is 4. The van der Waals surface area contributed by atoms with Crippen LogP contribution in [0.15, 0.2) is 42.9 Å². The Morgan fingerprint density at radius 3 is 2.70 bits per heavy atom. The molecule has 118 valence electrons. The van der Waals surface area contributed by atoms with Crippen molar-refractivity contribution < 1.29 is 4.79 Å². The molecule has 3 aromatic heterocycles. The number of rotatable bonds is 4. The molecular formula is C18H20N4O. The van der Waals surface area contributed by atoms with Gasteiger partial charge in [-0.1, -0.05) is 0 Å². The van der Waals surface area contributed by atoms with E-state index in [1.54, 1.807) is 17.3 Å². The molecule has 0 aliphatic rings. The van der Waals surface area contributed by atoms with Crippen LogP contribution in [-0.2, 0) is 6.42 Å². The number of fused-ring (bicyclic) bond motifs is 1. The lowest BCUT2D eigenvalue weighted by atomic mass is 10.2. The van der Waals surface area contributed by atoms with Crippen molar-refractivity contribution in [1.82, 2.24) is 19.3 Å². The summed E-state index contributed by atoms with van der Waals surface area (Å²) in [6.45, 7) is 4.56. The smallest absolute Gasteiger partial charge is 0.272 e. The minimum absolute atomic E-state index is 0.00657. The molecule has 0 saturated carbocycles. The molecule has 23 heavy (non-hydrogen) atoms. The van der Waals surface area contributed by atoms with Gasteiger partial charge >= 0.3 is 0 Å². The van der Waals surface area contributed by atoms with E-state index >= 15 is 0 Å². The Balaban J connectivity index is 1.81. The van der Waals surface area contributed by atoms with Crippen molar-refractivity contribution in [3.05, 3.63) is 65.4 Å². The monoisotopic (exact) mass is 308 g/mol. The molecule has 3 rings (SSSR count). The lowest BCUT2D eigenvalue weighted by Crippen LogP contribution is -2.30. The first-order valence-electron chi connectivity index (χ1n) is 7.66. The minimum atomic E-state index is -0.00657. The zero-order chi connectivity index (χ0) is 16.4. The molecule has 0 aliphatic carbocycles. The second-order valence-corrected chi connectivity index (χ2v) is 5.81. The number of imidazole rings is 1. The van der Waals surface area contributed by atoms with Crippen LogP contribution in [0.2, 0.25) is 0 Å². The van der Waals surface area contributed by atoms with Crippen LogP contribution in [0.5, 0.6) is 0 Å². The van der Waals surface area contributed by atoms with Gasteiger partial charge in [0, 0.05) is 32.2 Å². The van der Waals surface area contributed by atoms with Gasteiger partial charge in [0.1, 0.15) is 11.3 Å². The highest BCUT2D eigenvalue weighted by Crippen LogP contribution is 2.15. The largest absolute Gasteiger partial charge is 0.340 e. The van der Waals surface area contributed by atoms with Gasteiger partial charge in [-0.15, -0.1) is 0 Å². The molecular weight excluding hydrogens is 288 g/mol. The Morgan fingerprint density at radius 2 is 1.96 bits per heavy atom. The fourth-order valence-electron chi connectivity index (χ4n) is 2.65. The summed E-state index contributed by atoms with van der Waals surface area (Å²) in [5, 5.41) is 0. The van der Waals surface area contributed by atoms with E-state index in [2.05, 4.69) is 9.97 Å². The summed E-state index contributed by atoms with van der Waals surface area (Å²) in [6.07, 6.45) is 6.26. The van der Waals surface area contributed by atoms with Gasteiger partial charge in [-0.25, -0.2) is 4.98 Å². The molecule has 5 heteroatoms. The number of carbonyl (C=O) groups is 1. The van der Waals surface area contributed by atoms with Crippen molar-refractivity contribution in [3.63, 3.8) is 0 Å². The van der Waals surface area contributed by atoms with Crippen LogP contribution in [0, 0.1) is 13.8 Å². The van der Waals surface area contributed by atoms with Crippen LogP contribution in [0.1, 0.15) is 27.3 Å². The maximum Gasteiger partial charge on any atom is 0.272 e. The van der Waals surface area contributed by atoms with Crippen LogP contribution in [-0.4, -0.2) is 38.8 Å². The summed E-state index contributed by atoms with van der Waals surface area (Å²) in [4.78, 5) is 23.1. The van der Waals surface area contributed by atoms with Crippen LogP contribution < -0.4 is 0 Å². The van der Waals surface area contributed by atoms with Gasteiger partial charge in [0.25, 0.3) is 5.91 Å². The van der Waals surface area contributed by atoms with Gasteiger partial charge in [-0.05, 0) is 55.7 Å². The van der Waals surface area contributed by atoms with Gasteiger partial charge in [0.05, 0.1) is 5.69 Å². The molecule has 0 saturated heterocycles. The Hall–Kier alpha value is -2.69. The minimum Gasteiger partial charge on any atom is -0.340 e. The molecule has 0 atom stereocenters. The van der Waals surface area contributed by atoms with Crippen LogP contribution in [0.3, 0.4) is 0 Å². The molecule has 0 N–H and O–H groups in total. The summed E-state index contributed by atoms with van der Waals surface area (Å²) in [5.41, 5.74) is 4.51. The van der Waals surface area contributed by atoms with Crippen LogP contribution in [0.25, 0.3) is 5.65 Å². The number of amides is 1. The lowest BCUT2D eigenvalue weighted by Gasteiger charge is -2.17. The Kier molecular flexibility index (Phi) is 4.10. The highest BCUT2D eigenvalue weighted by Gasteiger charge is 2.20. The molecule has 0 unspecified atom stereocenters. The average Bonchev–Trinajstić information content (AvgIpc) is 2.87. The quantitative estimate of drug-likeness (QED) is 0.744. The second kappa shape index (κ2) is 6.20. The van der Waals surface area contributed by atoms with Crippen molar-refractivity contribution in [3.8, 4) is 0 Å². The zero-order valence-electron chi connectivity index (χ0n) is 13.7. The normalized spacial score (nSPS) is 10.9. The Bertz CT molecular complexity index is 839. The fourth-order valence-corrected chi connectivity index (χ4v) is 2.65. The second-order valence-electron chi connectivity index (χ2n) is 5.81. The van der Waals surface area contributed by atoms with Gasteiger partial charge < -0.3 is 4.90 Å². The first-order valence-corrected chi connectivity index (χ1v) is 7.66. The molecule has 0 fully saturated rings. The number of hydrogen-bond donors (Lipinski definition) is 0. The van der Waals surface area contributed by atoms with Gasteiger partial charge in [-0.3, -0.25) is 14.2 Å². The molecule has 0 radical (unpaired) electrons. The van der Waals surface area contributed by atoms with E-state index in [0.29, 0.717) is 12.2 Å². The number of carbonyl (C=O) groups excluding carboxylic acids is 1. The standard InChI is InChI=1S/C18H20N4O/c1-13-6-11-22-16(12-13)20-14(2)17(22)18(23)21(3)10-7-15-4-8-19-9-5-15/h4-6,8-9,11-12H,7,10H2,1-3H3. The van der Waals surface area contributed by atoms with Gasteiger partial charge in [-0.2, -0.15) is 0 Å². The van der Waals surface area contributed by atoms with Crippen LogP contribution in [0.4, 0.5) is 0 Å². The number of aromatic nitrogens is 3. The van der Waals surface area contributed by atoms with E-state index < -0.39 is 0 Å². The first-order chi connectivity index (χ1) is 11.1.